The minimum absolute atomic E-state index is 0.0545. The number of ketones is 1. The lowest BCUT2D eigenvalue weighted by atomic mass is 10.1. The van der Waals surface area contributed by atoms with Gasteiger partial charge in [0.25, 0.3) is 5.91 Å². The average Bonchev–Trinajstić information content (AvgIpc) is 2.71. The van der Waals surface area contributed by atoms with Crippen molar-refractivity contribution in [3.05, 3.63) is 65.7 Å². The molecule has 0 spiro atoms. The van der Waals surface area contributed by atoms with Crippen molar-refractivity contribution in [1.29, 1.82) is 0 Å². The van der Waals surface area contributed by atoms with Crippen molar-refractivity contribution in [2.24, 2.45) is 0 Å². The Balaban J connectivity index is 1.99. The van der Waals surface area contributed by atoms with E-state index in [0.29, 0.717) is 17.9 Å². The van der Waals surface area contributed by atoms with Crippen LogP contribution in [0.5, 0.6) is 5.75 Å². The van der Waals surface area contributed by atoms with Crippen LogP contribution in [-0.4, -0.2) is 51.7 Å². The zero-order chi connectivity index (χ0) is 21.4. The maximum absolute atomic E-state index is 12.3. The third-order valence-electron chi connectivity index (χ3n) is 3.97. The topological polar surface area (TPSA) is 92.8 Å². The van der Waals surface area contributed by atoms with Gasteiger partial charge in [0.05, 0.1) is 4.90 Å². The van der Waals surface area contributed by atoms with Gasteiger partial charge in [0.2, 0.25) is 10.0 Å². The minimum atomic E-state index is -3.53. The fraction of sp³-hybridized carbons (Fsp3) is 0.238. The van der Waals surface area contributed by atoms with Crippen LogP contribution in [0.15, 0.2) is 59.5 Å². The number of carbonyl (C=O) groups excluding carboxylic acids is 2. The van der Waals surface area contributed by atoms with E-state index in [1.165, 1.54) is 44.4 Å². The van der Waals surface area contributed by atoms with Gasteiger partial charge in [0.15, 0.2) is 12.4 Å². The first-order valence-corrected chi connectivity index (χ1v) is 10.4. The van der Waals surface area contributed by atoms with Gasteiger partial charge in [-0.05, 0) is 55.0 Å². The first kappa shape index (κ1) is 22.3. The summed E-state index contributed by atoms with van der Waals surface area (Å²) in [5, 5.41) is 2.64. The fourth-order valence-corrected chi connectivity index (χ4v) is 3.24. The summed E-state index contributed by atoms with van der Waals surface area (Å²) in [4.78, 5) is 23.8. The molecule has 0 aliphatic rings. The molecule has 0 radical (unpaired) electrons. The van der Waals surface area contributed by atoms with Crippen molar-refractivity contribution >= 4 is 27.8 Å². The van der Waals surface area contributed by atoms with Crippen LogP contribution in [0.2, 0.25) is 0 Å². The number of amides is 1. The number of hydrogen-bond donors (Lipinski definition) is 1. The second-order valence-electron chi connectivity index (χ2n) is 6.32. The van der Waals surface area contributed by atoms with Crippen LogP contribution in [0.3, 0.4) is 0 Å². The predicted molar refractivity (Wildman–Crippen MR) is 111 cm³/mol. The van der Waals surface area contributed by atoms with E-state index in [4.69, 9.17) is 4.74 Å². The van der Waals surface area contributed by atoms with Crippen molar-refractivity contribution in [3.63, 3.8) is 0 Å². The first-order valence-electron chi connectivity index (χ1n) is 8.98. The minimum Gasteiger partial charge on any atom is -0.484 e. The quantitative estimate of drug-likeness (QED) is 0.500. The lowest BCUT2D eigenvalue weighted by molar-refractivity contribution is -0.122. The molecule has 0 aliphatic carbocycles. The molecule has 2 rings (SSSR count). The molecule has 0 atom stereocenters. The molecule has 0 heterocycles. The molecule has 0 fully saturated rings. The Labute approximate surface area is 171 Å². The van der Waals surface area contributed by atoms with Crippen LogP contribution in [0.4, 0.5) is 0 Å². The molecule has 1 amide bonds. The Hall–Kier alpha value is -2.97. The van der Waals surface area contributed by atoms with Crippen LogP contribution in [-0.2, 0) is 14.8 Å². The number of benzene rings is 2. The van der Waals surface area contributed by atoms with Crippen LogP contribution in [0, 0.1) is 0 Å². The second kappa shape index (κ2) is 9.99. The molecule has 0 bridgehead atoms. The van der Waals surface area contributed by atoms with E-state index in [1.807, 2.05) is 6.92 Å². The monoisotopic (exact) mass is 416 g/mol. The van der Waals surface area contributed by atoms with Gasteiger partial charge in [0, 0.05) is 26.2 Å². The van der Waals surface area contributed by atoms with Crippen LogP contribution >= 0.6 is 0 Å². The Morgan fingerprint density at radius 3 is 2.21 bits per heavy atom. The molecule has 0 aromatic heterocycles. The average molecular weight is 416 g/mol. The van der Waals surface area contributed by atoms with E-state index in [9.17, 15) is 18.0 Å². The molecular formula is C21H24N2O5S. The maximum Gasteiger partial charge on any atom is 0.257 e. The highest BCUT2D eigenvalue weighted by Crippen LogP contribution is 2.16. The molecule has 0 unspecified atom stereocenters. The molecule has 0 saturated heterocycles. The normalized spacial score (nSPS) is 11.6. The summed E-state index contributed by atoms with van der Waals surface area (Å²) in [6.45, 7) is 2.33. The van der Waals surface area contributed by atoms with Crippen LogP contribution in [0.25, 0.3) is 6.08 Å². The van der Waals surface area contributed by atoms with Gasteiger partial charge >= 0.3 is 0 Å². The molecule has 7 nitrogen and oxygen atoms in total. The van der Waals surface area contributed by atoms with Gasteiger partial charge in [0.1, 0.15) is 5.75 Å². The molecule has 154 valence electrons. The van der Waals surface area contributed by atoms with Crippen molar-refractivity contribution in [3.8, 4) is 5.75 Å². The van der Waals surface area contributed by atoms with E-state index in [-0.39, 0.29) is 23.2 Å². The summed E-state index contributed by atoms with van der Waals surface area (Å²) < 4.78 is 30.6. The third kappa shape index (κ3) is 6.27. The standard InChI is InChI=1S/C21H24N2O5S/c1-4-22-21(25)15-28-18-10-5-16(6-11-18)7-14-20(24)17-8-12-19(13-9-17)29(26,27)23(2)3/h5-14H,4,15H2,1-3H3,(H,22,25)/b14-7+. The smallest absolute Gasteiger partial charge is 0.257 e. The Morgan fingerprint density at radius 2 is 1.66 bits per heavy atom. The molecular weight excluding hydrogens is 392 g/mol. The zero-order valence-electron chi connectivity index (χ0n) is 16.6. The van der Waals surface area contributed by atoms with Crippen LogP contribution < -0.4 is 10.1 Å². The SMILES string of the molecule is CCNC(=O)COc1ccc(/C=C/C(=O)c2ccc(S(=O)(=O)N(C)C)cc2)cc1. The summed E-state index contributed by atoms with van der Waals surface area (Å²) in [6.07, 6.45) is 3.07. The maximum atomic E-state index is 12.3. The molecule has 2 aromatic carbocycles. The van der Waals surface area contributed by atoms with E-state index < -0.39 is 10.0 Å². The van der Waals surface area contributed by atoms with Crippen molar-refractivity contribution in [2.75, 3.05) is 27.2 Å². The third-order valence-corrected chi connectivity index (χ3v) is 5.80. The van der Waals surface area contributed by atoms with Crippen molar-refractivity contribution in [1.82, 2.24) is 9.62 Å². The zero-order valence-corrected chi connectivity index (χ0v) is 17.4. The number of likely N-dealkylation sites (N-methyl/N-ethyl adjacent to an activating group) is 1. The summed E-state index contributed by atoms with van der Waals surface area (Å²) in [5.74, 6) is 0.124. The number of nitrogens with one attached hydrogen (secondary N) is 1. The van der Waals surface area contributed by atoms with Gasteiger partial charge in [-0.3, -0.25) is 9.59 Å². The Kier molecular flexibility index (Phi) is 7.69. The first-order chi connectivity index (χ1) is 13.7. The number of rotatable bonds is 9. The van der Waals surface area contributed by atoms with E-state index in [0.717, 1.165) is 9.87 Å². The number of hydrogen-bond acceptors (Lipinski definition) is 5. The number of carbonyl (C=O) groups is 2. The highest BCUT2D eigenvalue weighted by molar-refractivity contribution is 7.89. The summed E-state index contributed by atoms with van der Waals surface area (Å²) in [5.41, 5.74) is 1.18. The highest BCUT2D eigenvalue weighted by atomic mass is 32.2. The predicted octanol–water partition coefficient (Wildman–Crippen LogP) is 2.35. The molecule has 2 aromatic rings. The molecule has 0 aliphatic heterocycles. The van der Waals surface area contributed by atoms with Gasteiger partial charge in [-0.1, -0.05) is 18.2 Å². The number of ether oxygens (including phenoxy) is 1. The van der Waals surface area contributed by atoms with Crippen molar-refractivity contribution < 1.29 is 22.7 Å². The summed E-state index contributed by atoms with van der Waals surface area (Å²) in [6, 6.07) is 12.8. The summed E-state index contributed by atoms with van der Waals surface area (Å²) >= 11 is 0. The fourth-order valence-electron chi connectivity index (χ4n) is 2.34. The second-order valence-corrected chi connectivity index (χ2v) is 8.47. The molecule has 29 heavy (non-hydrogen) atoms. The lowest BCUT2D eigenvalue weighted by Gasteiger charge is -2.11. The van der Waals surface area contributed by atoms with E-state index in [1.54, 1.807) is 30.3 Å². The molecule has 1 N–H and O–H groups in total. The highest BCUT2D eigenvalue weighted by Gasteiger charge is 2.17. The lowest BCUT2D eigenvalue weighted by Crippen LogP contribution is -2.28. The molecule has 8 heteroatoms. The van der Waals surface area contributed by atoms with E-state index >= 15 is 0 Å². The van der Waals surface area contributed by atoms with Gasteiger partial charge in [-0.25, -0.2) is 12.7 Å². The molecule has 0 saturated carbocycles. The Bertz CT molecular complexity index is 979. The van der Waals surface area contributed by atoms with Crippen LogP contribution in [0.1, 0.15) is 22.8 Å². The largest absolute Gasteiger partial charge is 0.484 e. The Morgan fingerprint density at radius 1 is 1.03 bits per heavy atom. The number of sulfonamides is 1. The van der Waals surface area contributed by atoms with Gasteiger partial charge < -0.3 is 10.1 Å². The van der Waals surface area contributed by atoms with Crippen molar-refractivity contribution in [2.45, 2.75) is 11.8 Å². The van der Waals surface area contributed by atoms with Gasteiger partial charge in [-0.2, -0.15) is 0 Å². The number of allylic oxidation sites excluding steroid dienone is 1. The van der Waals surface area contributed by atoms with E-state index in [2.05, 4.69) is 5.32 Å². The number of nitrogens with zero attached hydrogens (tertiary/aromatic N) is 1. The van der Waals surface area contributed by atoms with Gasteiger partial charge in [-0.15, -0.1) is 0 Å². The summed E-state index contributed by atoms with van der Waals surface area (Å²) in [7, 11) is -0.622.